The highest BCUT2D eigenvalue weighted by molar-refractivity contribution is 5.95. The van der Waals surface area contributed by atoms with Crippen LogP contribution in [0, 0.1) is 0 Å². The normalized spacial score (nSPS) is 15.2. The second kappa shape index (κ2) is 11.0. The van der Waals surface area contributed by atoms with Crippen molar-refractivity contribution in [3.8, 4) is 0 Å². The summed E-state index contributed by atoms with van der Waals surface area (Å²) in [6.45, 7) is 2.06. The molecule has 1 saturated heterocycles. The highest BCUT2D eigenvalue weighted by Gasteiger charge is 2.30. The molecule has 10 heteroatoms. The number of piperidine rings is 1. The van der Waals surface area contributed by atoms with E-state index in [0.29, 0.717) is 38.0 Å². The first-order valence-corrected chi connectivity index (χ1v) is 9.92. The molecule has 0 saturated carbocycles. The molecule has 2 rings (SSSR count). The van der Waals surface area contributed by atoms with Crippen LogP contribution in [-0.4, -0.2) is 72.6 Å². The van der Waals surface area contributed by atoms with E-state index in [4.69, 9.17) is 0 Å². The van der Waals surface area contributed by atoms with Crippen molar-refractivity contribution in [2.75, 3.05) is 32.7 Å². The van der Waals surface area contributed by atoms with Crippen LogP contribution in [0.15, 0.2) is 30.3 Å². The molecule has 1 aromatic rings. The molecule has 2 N–H and O–H groups in total. The van der Waals surface area contributed by atoms with Crippen molar-refractivity contribution in [1.29, 1.82) is 0 Å². The minimum Gasteiger partial charge on any atom is -0.339 e. The molecule has 0 aromatic heterocycles. The van der Waals surface area contributed by atoms with E-state index in [-0.39, 0.29) is 18.5 Å². The molecule has 1 heterocycles. The lowest BCUT2D eigenvalue weighted by Crippen LogP contribution is -2.51. The van der Waals surface area contributed by atoms with Gasteiger partial charge >= 0.3 is 12.2 Å². The van der Waals surface area contributed by atoms with Gasteiger partial charge in [-0.1, -0.05) is 25.1 Å². The van der Waals surface area contributed by atoms with Crippen molar-refractivity contribution in [3.63, 3.8) is 0 Å². The molecular formula is C20H27F3N4O3. The molecule has 0 bridgehead atoms. The minimum atomic E-state index is -4.54. The van der Waals surface area contributed by atoms with E-state index in [9.17, 15) is 27.6 Å². The average Bonchev–Trinajstić information content (AvgIpc) is 2.72. The quantitative estimate of drug-likeness (QED) is 0.699. The Morgan fingerprint density at radius 1 is 1.13 bits per heavy atom. The summed E-state index contributed by atoms with van der Waals surface area (Å²) in [7, 11) is 0. The van der Waals surface area contributed by atoms with E-state index in [1.165, 1.54) is 0 Å². The summed E-state index contributed by atoms with van der Waals surface area (Å²) in [4.78, 5) is 39.8. The fourth-order valence-corrected chi connectivity index (χ4v) is 3.45. The molecule has 7 nitrogen and oxygen atoms in total. The zero-order chi connectivity index (χ0) is 22.1. The third-order valence-electron chi connectivity index (χ3n) is 4.85. The zero-order valence-corrected chi connectivity index (χ0v) is 16.9. The van der Waals surface area contributed by atoms with E-state index in [1.54, 1.807) is 22.3 Å². The number of nitrogens with zero attached hydrogens (tertiary/aromatic N) is 2. The Morgan fingerprint density at radius 3 is 2.33 bits per heavy atom. The third-order valence-corrected chi connectivity index (χ3v) is 4.85. The number of benzene rings is 1. The number of hydrogen-bond donors (Lipinski definition) is 2. The number of urea groups is 1. The molecule has 1 aliphatic rings. The number of carbonyl (C=O) groups excluding carboxylic acids is 3. The lowest BCUT2D eigenvalue weighted by Gasteiger charge is -2.38. The van der Waals surface area contributed by atoms with E-state index in [2.05, 4.69) is 0 Å². The number of hydrogen-bond acceptors (Lipinski definition) is 4. The van der Waals surface area contributed by atoms with Gasteiger partial charge in [0.25, 0.3) is 5.91 Å². The molecule has 0 spiro atoms. The molecule has 0 aliphatic carbocycles. The Hall–Kier alpha value is -2.62. The standard InChI is InChI=1S/C20H27F3N4O3/c1-2-10-27(13-17(28)25-19(30)24-14-20(21,22)23)16-8-11-26(12-9-16)18(29)15-6-4-3-5-7-15/h3-7,16H,2,8-14H2,1H3,(H2,24,25,28,30). The van der Waals surface area contributed by atoms with Gasteiger partial charge in [0.15, 0.2) is 0 Å². The lowest BCUT2D eigenvalue weighted by atomic mass is 10.0. The van der Waals surface area contributed by atoms with Crippen LogP contribution in [0.4, 0.5) is 18.0 Å². The maximum atomic E-state index is 12.6. The fraction of sp³-hybridized carbons (Fsp3) is 0.550. The van der Waals surface area contributed by atoms with Gasteiger partial charge in [0.2, 0.25) is 5.91 Å². The fourth-order valence-electron chi connectivity index (χ4n) is 3.45. The summed E-state index contributed by atoms with van der Waals surface area (Å²) in [5.74, 6) is -0.693. The van der Waals surface area contributed by atoms with Gasteiger partial charge in [0, 0.05) is 24.7 Å². The first-order valence-electron chi connectivity index (χ1n) is 9.92. The van der Waals surface area contributed by atoms with Gasteiger partial charge in [-0.05, 0) is 37.9 Å². The van der Waals surface area contributed by atoms with Gasteiger partial charge in [0.1, 0.15) is 6.54 Å². The molecule has 1 fully saturated rings. The first-order chi connectivity index (χ1) is 14.2. The van der Waals surface area contributed by atoms with Crippen molar-refractivity contribution < 1.29 is 27.6 Å². The van der Waals surface area contributed by atoms with Crippen LogP contribution in [0.3, 0.4) is 0 Å². The summed E-state index contributed by atoms with van der Waals surface area (Å²) in [6, 6.07) is 7.89. The number of halogens is 3. The minimum absolute atomic E-state index is 0.0322. The van der Waals surface area contributed by atoms with Crippen molar-refractivity contribution in [2.24, 2.45) is 0 Å². The topological polar surface area (TPSA) is 81.8 Å². The first kappa shape index (κ1) is 23.7. The second-order valence-corrected chi connectivity index (χ2v) is 7.21. The van der Waals surface area contributed by atoms with Crippen LogP contribution < -0.4 is 10.6 Å². The van der Waals surface area contributed by atoms with Gasteiger partial charge in [-0.25, -0.2) is 4.79 Å². The molecular weight excluding hydrogens is 401 g/mol. The van der Waals surface area contributed by atoms with Crippen molar-refractivity contribution >= 4 is 17.8 Å². The Kier molecular flexibility index (Phi) is 8.64. The zero-order valence-electron chi connectivity index (χ0n) is 16.9. The predicted octanol–water partition coefficient (Wildman–Crippen LogP) is 2.39. The van der Waals surface area contributed by atoms with Crippen LogP contribution in [0.1, 0.15) is 36.5 Å². The number of rotatable bonds is 7. The highest BCUT2D eigenvalue weighted by Crippen LogP contribution is 2.19. The molecule has 0 atom stereocenters. The monoisotopic (exact) mass is 428 g/mol. The van der Waals surface area contributed by atoms with Crippen molar-refractivity contribution in [3.05, 3.63) is 35.9 Å². The van der Waals surface area contributed by atoms with Crippen LogP contribution in [-0.2, 0) is 4.79 Å². The third kappa shape index (κ3) is 7.66. The summed E-state index contributed by atoms with van der Waals surface area (Å²) in [5, 5.41) is 3.55. The van der Waals surface area contributed by atoms with E-state index in [1.807, 2.05) is 35.3 Å². The number of alkyl halides is 3. The molecule has 30 heavy (non-hydrogen) atoms. The highest BCUT2D eigenvalue weighted by atomic mass is 19.4. The maximum Gasteiger partial charge on any atom is 0.405 e. The van der Waals surface area contributed by atoms with Crippen molar-refractivity contribution in [1.82, 2.24) is 20.4 Å². The van der Waals surface area contributed by atoms with Gasteiger partial charge in [-0.3, -0.25) is 19.8 Å². The summed E-state index contributed by atoms with van der Waals surface area (Å²) in [5.41, 5.74) is 0.630. The van der Waals surface area contributed by atoms with E-state index in [0.717, 1.165) is 6.42 Å². The molecule has 0 radical (unpaired) electrons. The van der Waals surface area contributed by atoms with Crippen molar-refractivity contribution in [2.45, 2.75) is 38.4 Å². The number of imide groups is 1. The Labute approximate surface area is 173 Å². The largest absolute Gasteiger partial charge is 0.405 e. The summed E-state index contributed by atoms with van der Waals surface area (Å²) < 4.78 is 36.4. The number of likely N-dealkylation sites (tertiary alicyclic amines) is 1. The Bertz CT molecular complexity index is 720. The lowest BCUT2D eigenvalue weighted by molar-refractivity contribution is -0.125. The van der Waals surface area contributed by atoms with Crippen LogP contribution >= 0.6 is 0 Å². The predicted molar refractivity (Wildman–Crippen MR) is 105 cm³/mol. The molecule has 166 valence electrons. The van der Waals surface area contributed by atoms with Crippen LogP contribution in [0.2, 0.25) is 0 Å². The second-order valence-electron chi connectivity index (χ2n) is 7.21. The summed E-state index contributed by atoms with van der Waals surface area (Å²) in [6.07, 6.45) is -2.42. The van der Waals surface area contributed by atoms with Crippen LogP contribution in [0.25, 0.3) is 0 Å². The molecule has 0 unspecified atom stereocenters. The number of amides is 4. The SMILES string of the molecule is CCCN(CC(=O)NC(=O)NCC(F)(F)F)C1CCN(C(=O)c2ccccc2)CC1. The molecule has 4 amide bonds. The van der Waals surface area contributed by atoms with Gasteiger partial charge in [0.05, 0.1) is 6.54 Å². The number of nitrogens with one attached hydrogen (secondary N) is 2. The van der Waals surface area contributed by atoms with E-state index < -0.39 is 24.7 Å². The number of carbonyl (C=O) groups is 3. The average molecular weight is 428 g/mol. The molecule has 1 aromatic carbocycles. The van der Waals surface area contributed by atoms with Gasteiger partial charge in [-0.15, -0.1) is 0 Å². The van der Waals surface area contributed by atoms with Crippen LogP contribution in [0.5, 0.6) is 0 Å². The smallest absolute Gasteiger partial charge is 0.339 e. The van der Waals surface area contributed by atoms with E-state index >= 15 is 0 Å². The Balaban J connectivity index is 1.84. The maximum absolute atomic E-state index is 12.6. The van der Waals surface area contributed by atoms with Gasteiger partial charge in [-0.2, -0.15) is 13.2 Å². The summed E-state index contributed by atoms with van der Waals surface area (Å²) >= 11 is 0. The Morgan fingerprint density at radius 2 is 1.77 bits per heavy atom. The molecule has 1 aliphatic heterocycles. The van der Waals surface area contributed by atoms with Gasteiger partial charge < -0.3 is 10.2 Å².